The SMILES string of the molecule is O[C@@H]1CC[C@H]1N1CCN(c2cc3c(cnn3-c3cnn(C4CC4)c3)cc2Cl)CC1. The molecule has 3 heterocycles. The van der Waals surface area contributed by atoms with Crippen molar-refractivity contribution in [3.05, 3.63) is 35.7 Å². The van der Waals surface area contributed by atoms with Gasteiger partial charge in [-0.05, 0) is 37.8 Å². The van der Waals surface area contributed by atoms with E-state index in [9.17, 15) is 5.11 Å². The van der Waals surface area contributed by atoms with Crippen LogP contribution in [-0.2, 0) is 0 Å². The largest absolute Gasteiger partial charge is 0.391 e. The molecule has 7 nitrogen and oxygen atoms in total. The summed E-state index contributed by atoms with van der Waals surface area (Å²) < 4.78 is 4.01. The molecule has 0 spiro atoms. The molecule has 0 bridgehead atoms. The summed E-state index contributed by atoms with van der Waals surface area (Å²) in [5.41, 5.74) is 3.10. The zero-order valence-electron chi connectivity index (χ0n) is 16.3. The molecule has 3 aromatic rings. The van der Waals surface area contributed by atoms with Crippen LogP contribution in [0.5, 0.6) is 0 Å². The lowest BCUT2D eigenvalue weighted by Gasteiger charge is -2.46. The van der Waals surface area contributed by atoms with Gasteiger partial charge in [-0.25, -0.2) is 4.68 Å². The van der Waals surface area contributed by atoms with Crippen molar-refractivity contribution in [1.29, 1.82) is 0 Å². The van der Waals surface area contributed by atoms with Crippen LogP contribution in [0.4, 0.5) is 5.69 Å². The Labute approximate surface area is 174 Å². The van der Waals surface area contributed by atoms with Crippen LogP contribution in [0.3, 0.4) is 0 Å². The second kappa shape index (κ2) is 6.72. The molecule has 1 saturated heterocycles. The number of hydrogen-bond donors (Lipinski definition) is 1. The van der Waals surface area contributed by atoms with Gasteiger partial charge in [0.25, 0.3) is 0 Å². The van der Waals surface area contributed by atoms with Crippen LogP contribution in [-0.4, -0.2) is 67.9 Å². The zero-order valence-corrected chi connectivity index (χ0v) is 17.0. The first-order chi connectivity index (χ1) is 14.2. The molecule has 1 aromatic carbocycles. The lowest BCUT2D eigenvalue weighted by atomic mass is 9.87. The molecule has 2 saturated carbocycles. The highest BCUT2D eigenvalue weighted by Crippen LogP contribution is 2.36. The van der Waals surface area contributed by atoms with Gasteiger partial charge in [-0.15, -0.1) is 0 Å². The molecule has 29 heavy (non-hydrogen) atoms. The van der Waals surface area contributed by atoms with Crippen LogP contribution < -0.4 is 4.90 Å². The molecule has 1 aliphatic heterocycles. The molecule has 0 amide bonds. The minimum absolute atomic E-state index is 0.146. The van der Waals surface area contributed by atoms with Gasteiger partial charge in [0, 0.05) is 37.6 Å². The predicted octanol–water partition coefficient (Wildman–Crippen LogP) is 2.86. The summed E-state index contributed by atoms with van der Waals surface area (Å²) in [4.78, 5) is 4.78. The van der Waals surface area contributed by atoms with E-state index in [1.54, 1.807) is 0 Å². The summed E-state index contributed by atoms with van der Waals surface area (Å²) in [6.45, 7) is 3.76. The highest BCUT2D eigenvalue weighted by Gasteiger charge is 2.35. The number of nitrogens with zero attached hydrogens (tertiary/aromatic N) is 6. The molecule has 3 aliphatic rings. The number of halogens is 1. The van der Waals surface area contributed by atoms with Crippen molar-refractivity contribution in [2.24, 2.45) is 0 Å². The summed E-state index contributed by atoms with van der Waals surface area (Å²) in [6.07, 6.45) is 10.2. The van der Waals surface area contributed by atoms with Gasteiger partial charge in [0.2, 0.25) is 0 Å². The number of anilines is 1. The maximum atomic E-state index is 9.97. The van der Waals surface area contributed by atoms with Crippen molar-refractivity contribution in [1.82, 2.24) is 24.5 Å². The molecular weight excluding hydrogens is 388 g/mol. The van der Waals surface area contributed by atoms with Gasteiger partial charge in [0.1, 0.15) is 5.69 Å². The normalized spacial score (nSPS) is 25.5. The minimum atomic E-state index is -0.146. The van der Waals surface area contributed by atoms with Crippen LogP contribution in [0.1, 0.15) is 31.7 Å². The molecule has 8 heteroatoms. The summed E-state index contributed by atoms with van der Waals surface area (Å²) in [7, 11) is 0. The fraction of sp³-hybridized carbons (Fsp3) is 0.524. The van der Waals surface area contributed by atoms with Gasteiger partial charge in [-0.2, -0.15) is 10.2 Å². The monoisotopic (exact) mass is 412 g/mol. The van der Waals surface area contributed by atoms with Gasteiger partial charge >= 0.3 is 0 Å². The van der Waals surface area contributed by atoms with Crippen molar-refractivity contribution in [2.75, 3.05) is 31.1 Å². The fourth-order valence-electron chi connectivity index (χ4n) is 4.64. The van der Waals surface area contributed by atoms with Crippen molar-refractivity contribution in [3.63, 3.8) is 0 Å². The first kappa shape index (κ1) is 17.7. The molecule has 2 atom stereocenters. The van der Waals surface area contributed by atoms with Crippen molar-refractivity contribution in [2.45, 2.75) is 43.9 Å². The number of rotatable bonds is 4. The third-order valence-electron chi connectivity index (χ3n) is 6.72. The predicted molar refractivity (Wildman–Crippen MR) is 113 cm³/mol. The van der Waals surface area contributed by atoms with E-state index in [1.807, 2.05) is 27.8 Å². The quantitative estimate of drug-likeness (QED) is 0.714. The van der Waals surface area contributed by atoms with Gasteiger partial charge in [0.15, 0.2) is 0 Å². The van der Waals surface area contributed by atoms with E-state index in [4.69, 9.17) is 11.6 Å². The fourth-order valence-corrected chi connectivity index (χ4v) is 4.94. The molecule has 3 fully saturated rings. The Balaban J connectivity index is 1.28. The Morgan fingerprint density at radius 3 is 2.48 bits per heavy atom. The molecule has 0 radical (unpaired) electrons. The number of aromatic nitrogens is 4. The Morgan fingerprint density at radius 1 is 0.966 bits per heavy atom. The second-order valence-electron chi connectivity index (χ2n) is 8.56. The zero-order chi connectivity index (χ0) is 19.5. The number of benzene rings is 1. The van der Waals surface area contributed by atoms with Gasteiger partial charge in [-0.1, -0.05) is 11.6 Å². The van der Waals surface area contributed by atoms with Crippen LogP contribution in [0, 0.1) is 0 Å². The topological polar surface area (TPSA) is 62.4 Å². The van der Waals surface area contributed by atoms with E-state index >= 15 is 0 Å². The highest BCUT2D eigenvalue weighted by atomic mass is 35.5. The van der Waals surface area contributed by atoms with Crippen LogP contribution in [0.25, 0.3) is 16.6 Å². The molecule has 152 valence electrons. The average molecular weight is 413 g/mol. The van der Waals surface area contributed by atoms with Crippen molar-refractivity contribution >= 4 is 28.2 Å². The second-order valence-corrected chi connectivity index (χ2v) is 8.97. The van der Waals surface area contributed by atoms with Crippen LogP contribution >= 0.6 is 11.6 Å². The number of aliphatic hydroxyl groups excluding tert-OH is 1. The lowest BCUT2D eigenvalue weighted by Crippen LogP contribution is -2.57. The summed E-state index contributed by atoms with van der Waals surface area (Å²) in [6, 6.07) is 5.08. The van der Waals surface area contributed by atoms with Crippen molar-refractivity contribution in [3.8, 4) is 5.69 Å². The van der Waals surface area contributed by atoms with Crippen LogP contribution in [0.15, 0.2) is 30.7 Å². The summed E-state index contributed by atoms with van der Waals surface area (Å²) >= 11 is 6.66. The van der Waals surface area contributed by atoms with E-state index in [2.05, 4.69) is 32.3 Å². The lowest BCUT2D eigenvalue weighted by molar-refractivity contribution is -0.0229. The summed E-state index contributed by atoms with van der Waals surface area (Å²) in [5.74, 6) is 0. The maximum Gasteiger partial charge on any atom is 0.103 e. The number of piperazine rings is 1. The smallest absolute Gasteiger partial charge is 0.103 e. The van der Waals surface area contributed by atoms with E-state index in [1.165, 1.54) is 12.8 Å². The maximum absolute atomic E-state index is 9.97. The third-order valence-corrected chi connectivity index (χ3v) is 7.02. The Bertz CT molecular complexity index is 1050. The first-order valence-electron chi connectivity index (χ1n) is 10.6. The van der Waals surface area contributed by atoms with E-state index < -0.39 is 0 Å². The van der Waals surface area contributed by atoms with E-state index in [0.29, 0.717) is 12.1 Å². The minimum Gasteiger partial charge on any atom is -0.391 e. The van der Waals surface area contributed by atoms with Gasteiger partial charge in [-0.3, -0.25) is 9.58 Å². The summed E-state index contributed by atoms with van der Waals surface area (Å²) in [5, 5.41) is 20.9. The average Bonchev–Trinajstić information content (AvgIpc) is 3.31. The molecule has 0 unspecified atom stereocenters. The molecule has 2 aliphatic carbocycles. The molecular formula is C21H25ClN6O. The Kier molecular flexibility index (Phi) is 4.11. The number of hydrogen-bond acceptors (Lipinski definition) is 5. The Morgan fingerprint density at radius 2 is 1.79 bits per heavy atom. The van der Waals surface area contributed by atoms with E-state index in [0.717, 1.165) is 66.3 Å². The Hall–Kier alpha value is -2.09. The van der Waals surface area contributed by atoms with Gasteiger partial charge < -0.3 is 10.0 Å². The van der Waals surface area contributed by atoms with Crippen LogP contribution in [0.2, 0.25) is 5.02 Å². The third kappa shape index (κ3) is 3.03. The van der Waals surface area contributed by atoms with E-state index in [-0.39, 0.29) is 6.10 Å². The molecule has 2 aromatic heterocycles. The number of fused-ring (bicyclic) bond motifs is 1. The molecule has 6 rings (SSSR count). The molecule has 1 N–H and O–H groups in total. The first-order valence-corrected chi connectivity index (χ1v) is 10.9. The van der Waals surface area contributed by atoms with Gasteiger partial charge in [0.05, 0.1) is 47.0 Å². The standard InChI is InChI=1S/C21H25ClN6O/c22-17-9-14-11-24-28(16-12-23-27(13-16)15-1-2-15)19(14)10-20(17)26-7-5-25(6-8-26)18-3-4-21(18)29/h9-13,15,18,21,29H,1-8H2/t18-,21-/m1/s1. The highest BCUT2D eigenvalue weighted by molar-refractivity contribution is 6.34. The van der Waals surface area contributed by atoms with Crippen molar-refractivity contribution < 1.29 is 5.11 Å². The number of aliphatic hydroxyl groups is 1.